The number of aromatic nitrogens is 1. The van der Waals surface area contributed by atoms with Crippen molar-refractivity contribution < 1.29 is 4.79 Å². The third-order valence-corrected chi connectivity index (χ3v) is 3.96. The zero-order valence-electron chi connectivity index (χ0n) is 11.2. The van der Waals surface area contributed by atoms with Gasteiger partial charge in [-0.15, -0.1) is 0 Å². The number of anilines is 1. The lowest BCUT2D eigenvalue weighted by Crippen LogP contribution is -2.23. The molecule has 3 nitrogen and oxygen atoms in total. The molecule has 1 heterocycles. The fourth-order valence-electron chi connectivity index (χ4n) is 2.62. The van der Waals surface area contributed by atoms with Crippen molar-refractivity contribution in [2.75, 3.05) is 5.32 Å². The van der Waals surface area contributed by atoms with E-state index in [9.17, 15) is 4.79 Å². The molecule has 1 aliphatic rings. The molecule has 1 amide bonds. The quantitative estimate of drug-likeness (QED) is 0.860. The summed E-state index contributed by atoms with van der Waals surface area (Å²) in [7, 11) is 0. The fourth-order valence-corrected chi connectivity index (χ4v) is 2.77. The number of amides is 1. The first-order valence-corrected chi connectivity index (χ1v) is 7.01. The Morgan fingerprint density at radius 1 is 1.30 bits per heavy atom. The van der Waals surface area contributed by atoms with Crippen molar-refractivity contribution in [3.63, 3.8) is 0 Å². The Morgan fingerprint density at radius 2 is 1.95 bits per heavy atom. The van der Waals surface area contributed by atoms with Crippen LogP contribution in [0.4, 0.5) is 5.69 Å². The SMILES string of the molecule is Cc1cnc(Cl)c(NC(=O)C2Cc3ccccc3C2)c1. The van der Waals surface area contributed by atoms with E-state index >= 15 is 0 Å². The number of rotatable bonds is 2. The van der Waals surface area contributed by atoms with Crippen molar-refractivity contribution in [2.45, 2.75) is 19.8 Å². The smallest absolute Gasteiger partial charge is 0.228 e. The second-order valence-corrected chi connectivity index (χ2v) is 5.57. The van der Waals surface area contributed by atoms with Crippen LogP contribution in [0.1, 0.15) is 16.7 Å². The molecule has 0 radical (unpaired) electrons. The molecular formula is C16H15ClN2O. The minimum atomic E-state index is -0.0241. The molecule has 0 fully saturated rings. The highest BCUT2D eigenvalue weighted by atomic mass is 35.5. The number of hydrogen-bond donors (Lipinski definition) is 1. The van der Waals surface area contributed by atoms with E-state index in [0.717, 1.165) is 18.4 Å². The monoisotopic (exact) mass is 286 g/mol. The van der Waals surface area contributed by atoms with E-state index in [-0.39, 0.29) is 11.8 Å². The first-order chi connectivity index (χ1) is 9.63. The average molecular weight is 287 g/mol. The highest BCUT2D eigenvalue weighted by Crippen LogP contribution is 2.28. The number of nitrogens with zero attached hydrogens (tertiary/aromatic N) is 1. The third-order valence-electron chi connectivity index (χ3n) is 3.66. The molecule has 3 rings (SSSR count). The van der Waals surface area contributed by atoms with Crippen molar-refractivity contribution in [1.29, 1.82) is 0 Å². The standard InChI is InChI=1S/C16H15ClN2O/c1-10-6-14(15(17)18-9-10)19-16(20)13-7-11-4-2-3-5-12(11)8-13/h2-6,9,13H,7-8H2,1H3,(H,19,20). The second-order valence-electron chi connectivity index (χ2n) is 5.21. The molecule has 4 heteroatoms. The molecule has 0 atom stereocenters. The summed E-state index contributed by atoms with van der Waals surface area (Å²) in [6.45, 7) is 1.92. The van der Waals surface area contributed by atoms with Gasteiger partial charge in [0, 0.05) is 12.1 Å². The molecule has 0 saturated heterocycles. The van der Waals surface area contributed by atoms with Gasteiger partial charge in [-0.2, -0.15) is 0 Å². The Balaban J connectivity index is 1.74. The number of carbonyl (C=O) groups is 1. The molecule has 20 heavy (non-hydrogen) atoms. The minimum absolute atomic E-state index is 0.00972. The van der Waals surface area contributed by atoms with Crippen molar-refractivity contribution in [1.82, 2.24) is 4.98 Å². The Hall–Kier alpha value is -1.87. The summed E-state index contributed by atoms with van der Waals surface area (Å²) in [5.41, 5.74) is 4.09. The van der Waals surface area contributed by atoms with Gasteiger partial charge in [0.05, 0.1) is 5.69 Å². The molecule has 1 aliphatic carbocycles. The number of carbonyl (C=O) groups excluding carboxylic acids is 1. The normalized spacial score (nSPS) is 14.1. The highest BCUT2D eigenvalue weighted by Gasteiger charge is 2.27. The van der Waals surface area contributed by atoms with Gasteiger partial charge in [0.15, 0.2) is 5.15 Å². The predicted octanol–water partition coefficient (Wildman–Crippen LogP) is 3.40. The van der Waals surface area contributed by atoms with Crippen LogP contribution in [0.5, 0.6) is 0 Å². The maximum Gasteiger partial charge on any atom is 0.228 e. The van der Waals surface area contributed by atoms with Gasteiger partial charge in [0.25, 0.3) is 0 Å². The summed E-state index contributed by atoms with van der Waals surface area (Å²) in [5.74, 6) is -0.0144. The Morgan fingerprint density at radius 3 is 2.60 bits per heavy atom. The van der Waals surface area contributed by atoms with E-state index in [2.05, 4.69) is 22.4 Å². The number of fused-ring (bicyclic) bond motifs is 1. The van der Waals surface area contributed by atoms with Gasteiger partial charge < -0.3 is 5.32 Å². The lowest BCUT2D eigenvalue weighted by molar-refractivity contribution is -0.119. The van der Waals surface area contributed by atoms with Crippen LogP contribution in [0.25, 0.3) is 0 Å². The zero-order valence-corrected chi connectivity index (χ0v) is 11.9. The van der Waals surface area contributed by atoms with Gasteiger partial charge in [0.2, 0.25) is 5.91 Å². The molecule has 0 bridgehead atoms. The number of aryl methyl sites for hydroxylation is 1. The molecule has 1 aromatic carbocycles. The van der Waals surface area contributed by atoms with Crippen LogP contribution in [0.2, 0.25) is 5.15 Å². The minimum Gasteiger partial charge on any atom is -0.323 e. The maximum atomic E-state index is 12.3. The lowest BCUT2D eigenvalue weighted by atomic mass is 10.1. The molecule has 2 aromatic rings. The van der Waals surface area contributed by atoms with Crippen molar-refractivity contribution in [2.24, 2.45) is 5.92 Å². The molecule has 102 valence electrons. The topological polar surface area (TPSA) is 42.0 Å². The van der Waals surface area contributed by atoms with Crippen LogP contribution >= 0.6 is 11.6 Å². The van der Waals surface area contributed by atoms with Gasteiger partial charge in [0.1, 0.15) is 0 Å². The Labute approximate surface area is 123 Å². The summed E-state index contributed by atoms with van der Waals surface area (Å²) in [5, 5.41) is 3.23. The maximum absolute atomic E-state index is 12.3. The molecular weight excluding hydrogens is 272 g/mol. The number of halogens is 1. The molecule has 0 saturated carbocycles. The summed E-state index contributed by atoms with van der Waals surface area (Å²) in [6.07, 6.45) is 3.27. The first-order valence-electron chi connectivity index (χ1n) is 6.63. The number of hydrogen-bond acceptors (Lipinski definition) is 2. The van der Waals surface area contributed by atoms with Crippen LogP contribution in [-0.2, 0) is 17.6 Å². The van der Waals surface area contributed by atoms with Crippen LogP contribution in [0.15, 0.2) is 36.5 Å². The fraction of sp³-hybridized carbons (Fsp3) is 0.250. The molecule has 0 aliphatic heterocycles. The first kappa shape index (κ1) is 13.1. The third kappa shape index (κ3) is 2.54. The predicted molar refractivity (Wildman–Crippen MR) is 80.0 cm³/mol. The van der Waals surface area contributed by atoms with E-state index in [0.29, 0.717) is 10.8 Å². The molecule has 1 aromatic heterocycles. The molecule has 0 spiro atoms. The van der Waals surface area contributed by atoms with Crippen molar-refractivity contribution >= 4 is 23.2 Å². The highest BCUT2D eigenvalue weighted by molar-refractivity contribution is 6.32. The van der Waals surface area contributed by atoms with E-state index < -0.39 is 0 Å². The van der Waals surface area contributed by atoms with Crippen LogP contribution in [-0.4, -0.2) is 10.9 Å². The van der Waals surface area contributed by atoms with Crippen LogP contribution < -0.4 is 5.32 Å². The summed E-state index contributed by atoms with van der Waals surface area (Å²) in [4.78, 5) is 16.4. The summed E-state index contributed by atoms with van der Waals surface area (Å²) >= 11 is 6.01. The zero-order chi connectivity index (χ0) is 14.1. The largest absolute Gasteiger partial charge is 0.323 e. The van der Waals surface area contributed by atoms with Crippen molar-refractivity contribution in [3.05, 3.63) is 58.4 Å². The van der Waals surface area contributed by atoms with E-state index in [1.807, 2.05) is 25.1 Å². The second kappa shape index (κ2) is 5.25. The number of pyridine rings is 1. The van der Waals surface area contributed by atoms with E-state index in [1.54, 1.807) is 6.20 Å². The van der Waals surface area contributed by atoms with Crippen molar-refractivity contribution in [3.8, 4) is 0 Å². The number of benzene rings is 1. The van der Waals surface area contributed by atoms with Gasteiger partial charge in [-0.1, -0.05) is 35.9 Å². The van der Waals surface area contributed by atoms with Gasteiger partial charge >= 0.3 is 0 Å². The summed E-state index contributed by atoms with van der Waals surface area (Å²) in [6, 6.07) is 10.0. The number of nitrogens with one attached hydrogen (secondary N) is 1. The van der Waals surface area contributed by atoms with E-state index in [1.165, 1.54) is 11.1 Å². The Bertz CT molecular complexity index is 644. The lowest BCUT2D eigenvalue weighted by Gasteiger charge is -2.11. The molecule has 1 N–H and O–H groups in total. The summed E-state index contributed by atoms with van der Waals surface area (Å²) < 4.78 is 0. The van der Waals surface area contributed by atoms with Crippen LogP contribution in [0, 0.1) is 12.8 Å². The van der Waals surface area contributed by atoms with Gasteiger partial charge in [-0.05, 0) is 42.5 Å². The Kier molecular flexibility index (Phi) is 3.45. The molecule has 0 unspecified atom stereocenters. The average Bonchev–Trinajstić information content (AvgIpc) is 2.87. The van der Waals surface area contributed by atoms with Gasteiger partial charge in [-0.25, -0.2) is 4.98 Å². The van der Waals surface area contributed by atoms with Gasteiger partial charge in [-0.3, -0.25) is 4.79 Å². The van der Waals surface area contributed by atoms with E-state index in [4.69, 9.17) is 11.6 Å². The van der Waals surface area contributed by atoms with Crippen LogP contribution in [0.3, 0.4) is 0 Å².